The maximum Gasteiger partial charge on any atom is 0.230 e. The molecule has 3 aliphatic heterocycles. The predicted octanol–water partition coefficient (Wildman–Crippen LogP) is 2.76. The number of fused-ring (bicyclic) bond motifs is 2. The molecule has 7 heteroatoms. The maximum atomic E-state index is 12.8. The van der Waals surface area contributed by atoms with E-state index in [-0.39, 0.29) is 5.92 Å². The molecule has 2 aromatic rings. The number of rotatable bonds is 4. The highest BCUT2D eigenvalue weighted by Crippen LogP contribution is 2.34. The van der Waals surface area contributed by atoms with Crippen LogP contribution in [0.25, 0.3) is 11.5 Å². The molecule has 2 unspecified atom stereocenters. The van der Waals surface area contributed by atoms with Crippen LogP contribution in [-0.4, -0.2) is 51.1 Å². The van der Waals surface area contributed by atoms with E-state index in [4.69, 9.17) is 4.52 Å². The van der Waals surface area contributed by atoms with Gasteiger partial charge >= 0.3 is 0 Å². The van der Waals surface area contributed by atoms with Crippen molar-refractivity contribution in [3.05, 3.63) is 30.3 Å². The highest BCUT2D eigenvalue weighted by molar-refractivity contribution is 5.76. The Labute approximate surface area is 164 Å². The molecule has 1 N–H and O–H groups in total. The summed E-state index contributed by atoms with van der Waals surface area (Å²) in [5.41, 5.74) is 0.723. The summed E-state index contributed by atoms with van der Waals surface area (Å²) in [5.74, 6) is 2.31. The van der Waals surface area contributed by atoms with Crippen LogP contribution in [0.5, 0.6) is 0 Å². The Bertz CT molecular complexity index is 803. The van der Waals surface area contributed by atoms with E-state index < -0.39 is 0 Å². The normalized spacial score (nSPS) is 27.9. The summed E-state index contributed by atoms with van der Waals surface area (Å²) in [5, 5.41) is 7.74. The number of nitrogens with one attached hydrogen (secondary N) is 1. The number of aromatic nitrogens is 3. The van der Waals surface area contributed by atoms with Gasteiger partial charge < -0.3 is 14.7 Å². The van der Waals surface area contributed by atoms with Gasteiger partial charge in [-0.05, 0) is 56.6 Å². The zero-order valence-electron chi connectivity index (χ0n) is 16.1. The minimum atomic E-state index is 0.226. The number of amides is 1. The smallest absolute Gasteiger partial charge is 0.230 e. The molecule has 3 fully saturated rings. The molecule has 5 heterocycles. The molecule has 148 valence electrons. The summed E-state index contributed by atoms with van der Waals surface area (Å²) in [4.78, 5) is 23.6. The first-order valence-corrected chi connectivity index (χ1v) is 10.5. The van der Waals surface area contributed by atoms with E-state index >= 15 is 0 Å². The van der Waals surface area contributed by atoms with Crippen LogP contribution in [-0.2, 0) is 4.79 Å². The van der Waals surface area contributed by atoms with Crippen molar-refractivity contribution in [2.45, 2.75) is 62.9 Å². The van der Waals surface area contributed by atoms with Gasteiger partial charge in [0.2, 0.25) is 17.6 Å². The van der Waals surface area contributed by atoms with Crippen LogP contribution < -0.4 is 5.32 Å². The van der Waals surface area contributed by atoms with Gasteiger partial charge in [0.1, 0.15) is 5.69 Å². The predicted molar refractivity (Wildman–Crippen MR) is 103 cm³/mol. The summed E-state index contributed by atoms with van der Waals surface area (Å²) in [6.45, 7) is 1.56. The molecule has 5 rings (SSSR count). The highest BCUT2D eigenvalue weighted by atomic mass is 16.5. The second kappa shape index (κ2) is 7.62. The number of carbonyl (C=O) groups excluding carboxylic acids is 1. The molecule has 3 saturated heterocycles. The standard InChI is InChI=1S/C21H27N5O2/c27-19(13-14-11-16-4-5-17(12-14)23-16)26-9-6-15(7-10-26)21-24-20(25-28-21)18-3-1-2-8-22-18/h1-3,8,14-17,23H,4-7,9-13H2. The average Bonchev–Trinajstić information content (AvgIpc) is 3.35. The molecule has 7 nitrogen and oxygen atoms in total. The summed E-state index contributed by atoms with van der Waals surface area (Å²) in [6, 6.07) is 6.95. The number of nitrogens with zero attached hydrogens (tertiary/aromatic N) is 4. The Balaban J connectivity index is 1.14. The Hall–Kier alpha value is -2.28. The Morgan fingerprint density at radius 3 is 2.64 bits per heavy atom. The van der Waals surface area contributed by atoms with Crippen LogP contribution in [0.3, 0.4) is 0 Å². The van der Waals surface area contributed by atoms with Gasteiger partial charge in [0.05, 0.1) is 0 Å². The first-order valence-electron chi connectivity index (χ1n) is 10.5. The van der Waals surface area contributed by atoms with Crippen molar-refractivity contribution < 1.29 is 9.32 Å². The molecule has 0 radical (unpaired) electrons. The molecule has 0 spiro atoms. The van der Waals surface area contributed by atoms with Gasteiger partial charge in [-0.25, -0.2) is 0 Å². The van der Waals surface area contributed by atoms with E-state index in [0.29, 0.717) is 42.0 Å². The topological polar surface area (TPSA) is 84.2 Å². The average molecular weight is 381 g/mol. The van der Waals surface area contributed by atoms with Crippen molar-refractivity contribution >= 4 is 5.91 Å². The van der Waals surface area contributed by atoms with Gasteiger partial charge in [-0.1, -0.05) is 11.2 Å². The van der Waals surface area contributed by atoms with Gasteiger partial charge in [0.25, 0.3) is 0 Å². The fourth-order valence-electron chi connectivity index (χ4n) is 5.09. The van der Waals surface area contributed by atoms with Crippen molar-refractivity contribution in [3.8, 4) is 11.5 Å². The van der Waals surface area contributed by atoms with Crippen molar-refractivity contribution in [2.75, 3.05) is 13.1 Å². The number of pyridine rings is 1. The van der Waals surface area contributed by atoms with E-state index in [1.165, 1.54) is 12.8 Å². The van der Waals surface area contributed by atoms with Crippen molar-refractivity contribution in [1.82, 2.24) is 25.3 Å². The zero-order chi connectivity index (χ0) is 18.9. The minimum absolute atomic E-state index is 0.226. The lowest BCUT2D eigenvalue weighted by atomic mass is 9.88. The lowest BCUT2D eigenvalue weighted by molar-refractivity contribution is -0.133. The Morgan fingerprint density at radius 1 is 1.14 bits per heavy atom. The van der Waals surface area contributed by atoms with E-state index in [2.05, 4.69) is 20.4 Å². The van der Waals surface area contributed by atoms with Gasteiger partial charge in [-0.2, -0.15) is 4.98 Å². The lowest BCUT2D eigenvalue weighted by Gasteiger charge is -2.33. The SMILES string of the molecule is O=C(CC1CC2CCC(C1)N2)N1CCC(c2nc(-c3ccccn3)no2)CC1. The van der Waals surface area contributed by atoms with Crippen LogP contribution in [0.4, 0.5) is 0 Å². The van der Waals surface area contributed by atoms with Crippen molar-refractivity contribution in [3.63, 3.8) is 0 Å². The molecule has 2 atom stereocenters. The quantitative estimate of drug-likeness (QED) is 0.877. The van der Waals surface area contributed by atoms with E-state index in [0.717, 1.165) is 44.5 Å². The minimum Gasteiger partial charge on any atom is -0.343 e. The van der Waals surface area contributed by atoms with Crippen LogP contribution in [0.15, 0.2) is 28.9 Å². The summed E-state index contributed by atoms with van der Waals surface area (Å²) in [7, 11) is 0. The molecule has 1 amide bonds. The lowest BCUT2D eigenvalue weighted by Crippen LogP contribution is -2.42. The summed E-state index contributed by atoms with van der Waals surface area (Å²) >= 11 is 0. The fourth-order valence-corrected chi connectivity index (χ4v) is 5.09. The highest BCUT2D eigenvalue weighted by Gasteiger charge is 2.35. The number of carbonyl (C=O) groups is 1. The Morgan fingerprint density at radius 2 is 1.93 bits per heavy atom. The van der Waals surface area contributed by atoms with Gasteiger partial charge in [0.15, 0.2) is 0 Å². The zero-order valence-corrected chi connectivity index (χ0v) is 16.1. The number of hydrogen-bond acceptors (Lipinski definition) is 6. The number of hydrogen-bond donors (Lipinski definition) is 1. The fraction of sp³-hybridized carbons (Fsp3) is 0.619. The molecular weight excluding hydrogens is 354 g/mol. The monoisotopic (exact) mass is 381 g/mol. The van der Waals surface area contributed by atoms with Crippen molar-refractivity contribution in [2.24, 2.45) is 5.92 Å². The third-order valence-electron chi connectivity index (χ3n) is 6.57. The third kappa shape index (κ3) is 3.68. The number of piperidine rings is 2. The second-order valence-electron chi connectivity index (χ2n) is 8.51. The molecular formula is C21H27N5O2. The molecule has 0 aromatic carbocycles. The van der Waals surface area contributed by atoms with Crippen LogP contribution in [0.2, 0.25) is 0 Å². The van der Waals surface area contributed by atoms with Gasteiger partial charge in [0, 0.05) is 43.7 Å². The molecule has 2 aromatic heterocycles. The van der Waals surface area contributed by atoms with Crippen LogP contribution in [0.1, 0.15) is 56.8 Å². The first kappa shape index (κ1) is 17.8. The second-order valence-corrected chi connectivity index (χ2v) is 8.51. The molecule has 2 bridgehead atoms. The van der Waals surface area contributed by atoms with Gasteiger partial charge in [-0.3, -0.25) is 9.78 Å². The number of likely N-dealkylation sites (tertiary alicyclic amines) is 1. The molecule has 0 aliphatic carbocycles. The molecule has 3 aliphatic rings. The van der Waals surface area contributed by atoms with E-state index in [1.807, 2.05) is 23.1 Å². The molecule has 0 saturated carbocycles. The first-order chi connectivity index (χ1) is 13.7. The van der Waals surface area contributed by atoms with Crippen LogP contribution in [0, 0.1) is 5.92 Å². The molecule has 28 heavy (non-hydrogen) atoms. The third-order valence-corrected chi connectivity index (χ3v) is 6.57. The summed E-state index contributed by atoms with van der Waals surface area (Å²) in [6.07, 6.45) is 9.10. The Kier molecular flexibility index (Phi) is 4.84. The van der Waals surface area contributed by atoms with Crippen molar-refractivity contribution in [1.29, 1.82) is 0 Å². The largest absolute Gasteiger partial charge is 0.343 e. The van der Waals surface area contributed by atoms with E-state index in [9.17, 15) is 4.79 Å². The summed E-state index contributed by atoms with van der Waals surface area (Å²) < 4.78 is 5.49. The van der Waals surface area contributed by atoms with Gasteiger partial charge in [-0.15, -0.1) is 0 Å². The van der Waals surface area contributed by atoms with E-state index in [1.54, 1.807) is 6.20 Å². The van der Waals surface area contributed by atoms with Crippen LogP contribution >= 0.6 is 0 Å². The maximum absolute atomic E-state index is 12.8.